The Bertz CT molecular complexity index is 589. The third-order valence-electron chi connectivity index (χ3n) is 3.23. The Morgan fingerprint density at radius 2 is 2.21 bits per heavy atom. The van der Waals surface area contributed by atoms with E-state index in [1.165, 1.54) is 0 Å². The lowest BCUT2D eigenvalue weighted by Crippen LogP contribution is -2.36. The molecule has 1 saturated heterocycles. The molecule has 2 rings (SSSR count). The Balaban J connectivity index is 2.13. The molecule has 2 heterocycles. The molecule has 1 unspecified atom stereocenters. The maximum atomic E-state index is 12.2. The van der Waals surface area contributed by atoms with E-state index in [1.54, 1.807) is 16.8 Å². The predicted octanol–water partition coefficient (Wildman–Crippen LogP) is 0.568. The second-order valence-electron chi connectivity index (χ2n) is 5.23. The number of nitrogens with one attached hydrogen (secondary N) is 1. The van der Waals surface area contributed by atoms with Crippen LogP contribution in [0.5, 0.6) is 0 Å². The molecule has 1 aromatic rings. The Hall–Kier alpha value is -1.50. The van der Waals surface area contributed by atoms with E-state index in [9.17, 15) is 13.2 Å². The summed E-state index contributed by atoms with van der Waals surface area (Å²) in [6.07, 6.45) is 2.19. The molecule has 0 bridgehead atoms. The molecule has 106 valence electrons. The monoisotopic (exact) mass is 285 g/mol. The van der Waals surface area contributed by atoms with E-state index in [-0.39, 0.29) is 29.5 Å². The minimum Gasteiger partial charge on any atom is -0.397 e. The minimum absolute atomic E-state index is 0.0244. The van der Waals surface area contributed by atoms with Crippen molar-refractivity contribution >= 4 is 21.4 Å². The van der Waals surface area contributed by atoms with Gasteiger partial charge in [-0.3, -0.25) is 4.79 Å². The van der Waals surface area contributed by atoms with Gasteiger partial charge in [-0.1, -0.05) is 0 Å². The summed E-state index contributed by atoms with van der Waals surface area (Å²) in [6.45, 7) is 3.91. The van der Waals surface area contributed by atoms with Crippen LogP contribution < -0.4 is 11.1 Å². The van der Waals surface area contributed by atoms with Crippen LogP contribution in [0.2, 0.25) is 0 Å². The molecule has 0 radical (unpaired) electrons. The highest BCUT2D eigenvalue weighted by atomic mass is 32.2. The normalized spacial score (nSPS) is 21.7. The van der Waals surface area contributed by atoms with Crippen LogP contribution >= 0.6 is 0 Å². The number of anilines is 1. The Morgan fingerprint density at radius 3 is 2.74 bits per heavy atom. The molecule has 19 heavy (non-hydrogen) atoms. The van der Waals surface area contributed by atoms with E-state index in [1.807, 2.05) is 13.8 Å². The highest BCUT2D eigenvalue weighted by Crippen LogP contribution is 2.18. The van der Waals surface area contributed by atoms with Crippen LogP contribution in [-0.2, 0) is 9.84 Å². The second-order valence-corrected chi connectivity index (χ2v) is 7.46. The predicted molar refractivity (Wildman–Crippen MR) is 73.8 cm³/mol. The number of nitrogens with zero attached hydrogens (tertiary/aromatic N) is 1. The second kappa shape index (κ2) is 4.88. The summed E-state index contributed by atoms with van der Waals surface area (Å²) in [7, 11) is -2.99. The van der Waals surface area contributed by atoms with Gasteiger partial charge in [0.1, 0.15) is 5.69 Å². The van der Waals surface area contributed by atoms with Gasteiger partial charge in [0.05, 0.1) is 17.2 Å². The molecule has 1 atom stereocenters. The Kier molecular flexibility index (Phi) is 3.58. The molecule has 6 nitrogen and oxygen atoms in total. The third kappa shape index (κ3) is 3.09. The average molecular weight is 285 g/mol. The van der Waals surface area contributed by atoms with Gasteiger partial charge in [-0.2, -0.15) is 0 Å². The van der Waals surface area contributed by atoms with Crippen molar-refractivity contribution in [2.75, 3.05) is 17.2 Å². The molecule has 0 aromatic carbocycles. The number of carbonyl (C=O) groups excluding carboxylic acids is 1. The summed E-state index contributed by atoms with van der Waals surface area (Å²) in [5, 5.41) is 2.76. The minimum atomic E-state index is -2.99. The molecule has 1 fully saturated rings. The topological polar surface area (TPSA) is 94.2 Å². The highest BCUT2D eigenvalue weighted by Gasteiger charge is 2.29. The lowest BCUT2D eigenvalue weighted by Gasteiger charge is -2.15. The summed E-state index contributed by atoms with van der Waals surface area (Å²) in [5.41, 5.74) is 6.70. The van der Waals surface area contributed by atoms with Gasteiger partial charge >= 0.3 is 0 Å². The van der Waals surface area contributed by atoms with Gasteiger partial charge in [0.2, 0.25) is 0 Å². The van der Waals surface area contributed by atoms with Crippen molar-refractivity contribution < 1.29 is 13.2 Å². The van der Waals surface area contributed by atoms with E-state index in [2.05, 4.69) is 5.32 Å². The zero-order valence-electron chi connectivity index (χ0n) is 11.1. The zero-order chi connectivity index (χ0) is 14.2. The Labute approximate surface area is 112 Å². The lowest BCUT2D eigenvalue weighted by atomic mass is 10.2. The standard InChI is InChI=1S/C12H19N3O3S/c1-8(2)15-6-9(13)5-11(15)12(16)14-10-3-4-19(17,18)7-10/h5-6,8,10H,3-4,7,13H2,1-2H3,(H,14,16). The number of hydrogen-bond donors (Lipinski definition) is 2. The number of rotatable bonds is 3. The third-order valence-corrected chi connectivity index (χ3v) is 4.99. The first-order valence-electron chi connectivity index (χ1n) is 6.27. The smallest absolute Gasteiger partial charge is 0.268 e. The maximum absolute atomic E-state index is 12.2. The molecule has 3 N–H and O–H groups in total. The van der Waals surface area contributed by atoms with Crippen molar-refractivity contribution in [3.63, 3.8) is 0 Å². The molecular weight excluding hydrogens is 266 g/mol. The van der Waals surface area contributed by atoms with Crippen LogP contribution in [0.3, 0.4) is 0 Å². The van der Waals surface area contributed by atoms with Gasteiger partial charge in [-0.15, -0.1) is 0 Å². The van der Waals surface area contributed by atoms with E-state index in [4.69, 9.17) is 5.73 Å². The van der Waals surface area contributed by atoms with Gasteiger partial charge in [0.15, 0.2) is 9.84 Å². The molecule has 0 saturated carbocycles. The molecule has 1 aliphatic heterocycles. The van der Waals surface area contributed by atoms with Gasteiger partial charge < -0.3 is 15.6 Å². The SMILES string of the molecule is CC(C)n1cc(N)cc1C(=O)NC1CCS(=O)(=O)C1. The van der Waals surface area contributed by atoms with Gasteiger partial charge in [0, 0.05) is 18.3 Å². The average Bonchev–Trinajstić information content (AvgIpc) is 2.82. The number of nitrogens with two attached hydrogens (primary N) is 1. The van der Waals surface area contributed by atoms with Gasteiger partial charge in [-0.05, 0) is 26.3 Å². The van der Waals surface area contributed by atoms with Crippen LogP contribution in [0.4, 0.5) is 5.69 Å². The fraction of sp³-hybridized carbons (Fsp3) is 0.583. The zero-order valence-corrected chi connectivity index (χ0v) is 11.9. The van der Waals surface area contributed by atoms with Crippen molar-refractivity contribution in [3.05, 3.63) is 18.0 Å². The molecule has 0 aliphatic carbocycles. The van der Waals surface area contributed by atoms with Crippen LogP contribution in [0.1, 0.15) is 36.8 Å². The number of carbonyl (C=O) groups is 1. The largest absolute Gasteiger partial charge is 0.397 e. The molecule has 1 aromatic heterocycles. The van der Waals surface area contributed by atoms with E-state index >= 15 is 0 Å². The first-order chi connectivity index (χ1) is 8.78. The molecule has 1 amide bonds. The number of hydrogen-bond acceptors (Lipinski definition) is 4. The molecule has 7 heteroatoms. The number of amides is 1. The molecule has 0 spiro atoms. The number of aromatic nitrogens is 1. The summed E-state index contributed by atoms with van der Waals surface area (Å²) in [6, 6.07) is 1.43. The van der Waals surface area contributed by atoms with Crippen molar-refractivity contribution in [2.45, 2.75) is 32.4 Å². The van der Waals surface area contributed by atoms with Crippen LogP contribution in [0.15, 0.2) is 12.3 Å². The summed E-state index contributed by atoms with van der Waals surface area (Å²) >= 11 is 0. The van der Waals surface area contributed by atoms with Crippen LogP contribution in [0, 0.1) is 0 Å². The van der Waals surface area contributed by atoms with E-state index in [0.29, 0.717) is 17.8 Å². The fourth-order valence-electron chi connectivity index (χ4n) is 2.28. The van der Waals surface area contributed by atoms with Crippen LogP contribution in [0.25, 0.3) is 0 Å². The van der Waals surface area contributed by atoms with Crippen molar-refractivity contribution in [3.8, 4) is 0 Å². The first kappa shape index (κ1) is 13.9. The van der Waals surface area contributed by atoms with E-state index in [0.717, 1.165) is 0 Å². The van der Waals surface area contributed by atoms with Crippen molar-refractivity contribution in [1.82, 2.24) is 9.88 Å². The van der Waals surface area contributed by atoms with Crippen molar-refractivity contribution in [2.24, 2.45) is 0 Å². The molecule has 1 aliphatic rings. The van der Waals surface area contributed by atoms with Crippen LogP contribution in [-0.4, -0.2) is 36.4 Å². The van der Waals surface area contributed by atoms with Crippen molar-refractivity contribution in [1.29, 1.82) is 0 Å². The first-order valence-corrected chi connectivity index (χ1v) is 8.09. The maximum Gasteiger partial charge on any atom is 0.268 e. The fourth-order valence-corrected chi connectivity index (χ4v) is 3.95. The Morgan fingerprint density at radius 1 is 1.53 bits per heavy atom. The van der Waals surface area contributed by atoms with Gasteiger partial charge in [0.25, 0.3) is 5.91 Å². The summed E-state index contributed by atoms with van der Waals surface area (Å²) in [5.74, 6) is -0.102. The number of nitrogen functional groups attached to an aromatic ring is 1. The summed E-state index contributed by atoms with van der Waals surface area (Å²) in [4.78, 5) is 12.2. The quantitative estimate of drug-likeness (QED) is 0.849. The summed E-state index contributed by atoms with van der Waals surface area (Å²) < 4.78 is 24.5. The van der Waals surface area contributed by atoms with E-state index < -0.39 is 9.84 Å². The van der Waals surface area contributed by atoms with Gasteiger partial charge in [-0.25, -0.2) is 8.42 Å². The number of sulfone groups is 1. The lowest BCUT2D eigenvalue weighted by molar-refractivity contribution is 0.0930. The molecular formula is C12H19N3O3S. The highest BCUT2D eigenvalue weighted by molar-refractivity contribution is 7.91.